The molecule has 1 atom stereocenters. The van der Waals surface area contributed by atoms with E-state index in [1.807, 2.05) is 40.9 Å². The molecule has 0 radical (unpaired) electrons. The molecule has 1 aliphatic heterocycles. The zero-order valence-corrected chi connectivity index (χ0v) is 16.9. The molecule has 4 nitrogen and oxygen atoms in total. The number of amides is 2. The van der Waals surface area contributed by atoms with E-state index in [-0.39, 0.29) is 6.03 Å². The van der Waals surface area contributed by atoms with Crippen molar-refractivity contribution in [2.45, 2.75) is 25.0 Å². The van der Waals surface area contributed by atoms with Crippen LogP contribution in [0.3, 0.4) is 0 Å². The lowest BCUT2D eigenvalue weighted by Crippen LogP contribution is -2.41. The van der Waals surface area contributed by atoms with Crippen molar-refractivity contribution in [2.24, 2.45) is 0 Å². The molecule has 0 saturated carbocycles. The summed E-state index contributed by atoms with van der Waals surface area (Å²) in [6.45, 7) is 4.43. The lowest BCUT2D eigenvalue weighted by atomic mass is 10.0. The van der Waals surface area contributed by atoms with E-state index in [1.54, 1.807) is 7.11 Å². The minimum Gasteiger partial charge on any atom is -0.497 e. The van der Waals surface area contributed by atoms with Crippen LogP contribution in [-0.2, 0) is 6.42 Å². The second-order valence-corrected chi connectivity index (χ2v) is 8.13. The molecule has 0 bridgehead atoms. The van der Waals surface area contributed by atoms with Gasteiger partial charge in [0.2, 0.25) is 0 Å². The summed E-state index contributed by atoms with van der Waals surface area (Å²) in [5.41, 5.74) is 3.94. The molecule has 1 saturated heterocycles. The van der Waals surface area contributed by atoms with Crippen LogP contribution in [0.15, 0.2) is 48.5 Å². The predicted molar refractivity (Wildman–Crippen MR) is 113 cm³/mol. The van der Waals surface area contributed by atoms with Gasteiger partial charge in [0, 0.05) is 30.6 Å². The Kier molecular flexibility index (Phi) is 7.04. The highest BCUT2D eigenvalue weighted by Gasteiger charge is 2.22. The Bertz CT molecular complexity index is 748. The molecular formula is C22H28N2O2S. The summed E-state index contributed by atoms with van der Waals surface area (Å²) >= 11 is 1.96. The highest BCUT2D eigenvalue weighted by Crippen LogP contribution is 2.35. The number of carbonyl (C=O) groups excluding carboxylic acids is 1. The number of hydrogen-bond acceptors (Lipinski definition) is 3. The second kappa shape index (κ2) is 9.70. The fourth-order valence-corrected chi connectivity index (χ4v) is 4.71. The number of hydrogen-bond donors (Lipinski definition) is 1. The van der Waals surface area contributed by atoms with Gasteiger partial charge in [0.25, 0.3) is 0 Å². The summed E-state index contributed by atoms with van der Waals surface area (Å²) in [7, 11) is 1.67. The average Bonchev–Trinajstić information content (AvgIpc) is 2.95. The van der Waals surface area contributed by atoms with E-state index in [1.165, 1.54) is 16.7 Å². The quantitative estimate of drug-likeness (QED) is 0.829. The van der Waals surface area contributed by atoms with Crippen LogP contribution in [0, 0.1) is 6.92 Å². The van der Waals surface area contributed by atoms with Crippen LogP contribution in [0.4, 0.5) is 4.79 Å². The number of nitrogens with zero attached hydrogens (tertiary/aromatic N) is 1. The van der Waals surface area contributed by atoms with Crippen LogP contribution >= 0.6 is 11.8 Å². The molecule has 1 heterocycles. The number of thioether (sulfide) groups is 1. The van der Waals surface area contributed by atoms with Crippen LogP contribution in [0.2, 0.25) is 0 Å². The maximum atomic E-state index is 12.5. The zero-order valence-electron chi connectivity index (χ0n) is 16.1. The van der Waals surface area contributed by atoms with Crippen molar-refractivity contribution in [3.8, 4) is 5.75 Å². The fourth-order valence-electron chi connectivity index (χ4n) is 3.39. The highest BCUT2D eigenvalue weighted by atomic mass is 32.2. The Morgan fingerprint density at radius 2 is 1.96 bits per heavy atom. The van der Waals surface area contributed by atoms with Crippen molar-refractivity contribution in [1.29, 1.82) is 0 Å². The molecule has 1 N–H and O–H groups in total. The molecule has 2 amide bonds. The van der Waals surface area contributed by atoms with Crippen LogP contribution in [0.25, 0.3) is 0 Å². The Morgan fingerprint density at radius 1 is 1.19 bits per heavy atom. The van der Waals surface area contributed by atoms with E-state index in [4.69, 9.17) is 4.74 Å². The predicted octanol–water partition coefficient (Wildman–Crippen LogP) is 4.44. The standard InChI is InChI=1S/C22H28N2O2S/c1-17-5-3-4-6-20(17)21-12-14-24(15-16-27-21)22(25)23-13-11-18-7-9-19(26-2)10-8-18/h3-10,21H,11-16H2,1-2H3,(H,23,25). The Labute approximate surface area is 166 Å². The van der Waals surface area contributed by atoms with E-state index in [0.29, 0.717) is 11.8 Å². The zero-order chi connectivity index (χ0) is 19.1. The number of methoxy groups -OCH3 is 1. The number of aryl methyl sites for hydroxylation is 1. The van der Waals surface area contributed by atoms with Gasteiger partial charge in [-0.25, -0.2) is 4.79 Å². The van der Waals surface area contributed by atoms with E-state index in [0.717, 1.165) is 37.4 Å². The summed E-state index contributed by atoms with van der Waals surface area (Å²) in [6, 6.07) is 16.6. The summed E-state index contributed by atoms with van der Waals surface area (Å²) in [5, 5.41) is 3.54. The van der Waals surface area contributed by atoms with Crippen molar-refractivity contribution < 1.29 is 9.53 Å². The van der Waals surface area contributed by atoms with E-state index in [9.17, 15) is 4.79 Å². The Balaban J connectivity index is 1.47. The van der Waals surface area contributed by atoms with Gasteiger partial charge in [0.15, 0.2) is 0 Å². The maximum Gasteiger partial charge on any atom is 0.317 e. The van der Waals surface area contributed by atoms with Crippen LogP contribution in [0.1, 0.15) is 28.4 Å². The molecule has 27 heavy (non-hydrogen) atoms. The molecule has 1 unspecified atom stereocenters. The number of carbonyl (C=O) groups is 1. The second-order valence-electron chi connectivity index (χ2n) is 6.82. The van der Waals surface area contributed by atoms with Crippen LogP contribution in [0.5, 0.6) is 5.75 Å². The van der Waals surface area contributed by atoms with Gasteiger partial charge in [-0.1, -0.05) is 36.4 Å². The molecule has 2 aromatic carbocycles. The van der Waals surface area contributed by atoms with Gasteiger partial charge in [0.05, 0.1) is 7.11 Å². The Hall–Kier alpha value is -2.14. The van der Waals surface area contributed by atoms with Crippen molar-refractivity contribution in [2.75, 3.05) is 32.5 Å². The van der Waals surface area contributed by atoms with Gasteiger partial charge in [-0.2, -0.15) is 11.8 Å². The van der Waals surface area contributed by atoms with Crippen LogP contribution < -0.4 is 10.1 Å². The molecule has 144 valence electrons. The van der Waals surface area contributed by atoms with E-state index in [2.05, 4.69) is 36.5 Å². The molecule has 0 aromatic heterocycles. The monoisotopic (exact) mass is 384 g/mol. The lowest BCUT2D eigenvalue weighted by molar-refractivity contribution is 0.201. The number of benzene rings is 2. The van der Waals surface area contributed by atoms with Gasteiger partial charge in [-0.05, 0) is 48.6 Å². The third-order valence-electron chi connectivity index (χ3n) is 5.01. The van der Waals surface area contributed by atoms with Gasteiger partial charge in [-0.15, -0.1) is 0 Å². The SMILES string of the molecule is COc1ccc(CCNC(=O)N2CCSC(c3ccccc3C)CC2)cc1. The smallest absolute Gasteiger partial charge is 0.317 e. The van der Waals surface area contributed by atoms with Crippen molar-refractivity contribution in [3.05, 3.63) is 65.2 Å². The molecule has 2 aromatic rings. The third-order valence-corrected chi connectivity index (χ3v) is 6.32. The molecular weight excluding hydrogens is 356 g/mol. The van der Waals surface area contributed by atoms with Crippen molar-refractivity contribution in [3.63, 3.8) is 0 Å². The minimum atomic E-state index is 0.0505. The summed E-state index contributed by atoms with van der Waals surface area (Å²) in [5.74, 6) is 1.83. The molecule has 1 fully saturated rings. The molecule has 1 aliphatic rings. The van der Waals surface area contributed by atoms with Gasteiger partial charge >= 0.3 is 6.03 Å². The summed E-state index contributed by atoms with van der Waals surface area (Å²) in [4.78, 5) is 14.5. The van der Waals surface area contributed by atoms with Gasteiger partial charge in [0.1, 0.15) is 5.75 Å². The summed E-state index contributed by atoms with van der Waals surface area (Å²) < 4.78 is 5.17. The number of nitrogens with one attached hydrogen (secondary N) is 1. The number of ether oxygens (including phenoxy) is 1. The topological polar surface area (TPSA) is 41.6 Å². The molecule has 3 rings (SSSR count). The van der Waals surface area contributed by atoms with Gasteiger partial charge in [-0.3, -0.25) is 0 Å². The first-order valence-electron chi connectivity index (χ1n) is 9.50. The third kappa shape index (κ3) is 5.42. The molecule has 0 spiro atoms. The lowest BCUT2D eigenvalue weighted by Gasteiger charge is -2.21. The van der Waals surface area contributed by atoms with Crippen LogP contribution in [-0.4, -0.2) is 43.4 Å². The maximum absolute atomic E-state index is 12.5. The first kappa shape index (κ1) is 19.6. The fraction of sp³-hybridized carbons (Fsp3) is 0.409. The first-order chi connectivity index (χ1) is 13.2. The Morgan fingerprint density at radius 3 is 2.70 bits per heavy atom. The van der Waals surface area contributed by atoms with E-state index < -0.39 is 0 Å². The van der Waals surface area contributed by atoms with Crippen molar-refractivity contribution in [1.82, 2.24) is 10.2 Å². The molecule has 0 aliphatic carbocycles. The highest BCUT2D eigenvalue weighted by molar-refractivity contribution is 7.99. The van der Waals surface area contributed by atoms with Gasteiger partial charge < -0.3 is 15.0 Å². The molecule has 5 heteroatoms. The van der Waals surface area contributed by atoms with Crippen molar-refractivity contribution >= 4 is 17.8 Å². The largest absolute Gasteiger partial charge is 0.497 e. The summed E-state index contributed by atoms with van der Waals surface area (Å²) in [6.07, 6.45) is 1.82. The average molecular weight is 385 g/mol. The normalized spacial score (nSPS) is 17.3. The minimum absolute atomic E-state index is 0.0505. The number of rotatable bonds is 5. The van der Waals surface area contributed by atoms with E-state index >= 15 is 0 Å². The first-order valence-corrected chi connectivity index (χ1v) is 10.5. The number of urea groups is 1.